The fourth-order valence-electron chi connectivity index (χ4n) is 1.85. The fraction of sp³-hybridized carbons (Fsp3) is 0.385. The molecule has 1 aliphatic heterocycles. The van der Waals surface area contributed by atoms with Gasteiger partial charge in [0.25, 0.3) is 5.91 Å². The number of hydrogen-bond donors (Lipinski definition) is 2. The highest BCUT2D eigenvalue weighted by Crippen LogP contribution is 2.12. The van der Waals surface area contributed by atoms with Gasteiger partial charge in [-0.3, -0.25) is 4.79 Å². The SMILES string of the molecule is C[C@H](NC(=O)O[C@H]1CCNC1=O)c1ccccc1. The Kier molecular flexibility index (Phi) is 3.82. The van der Waals surface area contributed by atoms with Gasteiger partial charge in [0.2, 0.25) is 0 Å². The Morgan fingerprint density at radius 3 is 2.78 bits per heavy atom. The van der Waals surface area contributed by atoms with Gasteiger partial charge in [0.1, 0.15) is 0 Å². The molecule has 0 spiro atoms. The van der Waals surface area contributed by atoms with Crippen molar-refractivity contribution in [3.63, 3.8) is 0 Å². The first-order chi connectivity index (χ1) is 8.66. The normalized spacial score (nSPS) is 20.1. The van der Waals surface area contributed by atoms with E-state index in [1.165, 1.54) is 0 Å². The van der Waals surface area contributed by atoms with Crippen LogP contribution in [0.5, 0.6) is 0 Å². The summed E-state index contributed by atoms with van der Waals surface area (Å²) >= 11 is 0. The highest BCUT2D eigenvalue weighted by molar-refractivity contribution is 5.85. The van der Waals surface area contributed by atoms with Crippen LogP contribution in [0.2, 0.25) is 0 Å². The van der Waals surface area contributed by atoms with Crippen molar-refractivity contribution < 1.29 is 14.3 Å². The van der Waals surface area contributed by atoms with Crippen LogP contribution in [0.15, 0.2) is 30.3 Å². The van der Waals surface area contributed by atoms with E-state index in [0.29, 0.717) is 13.0 Å². The zero-order chi connectivity index (χ0) is 13.0. The Morgan fingerprint density at radius 2 is 2.17 bits per heavy atom. The Balaban J connectivity index is 1.86. The molecule has 18 heavy (non-hydrogen) atoms. The van der Waals surface area contributed by atoms with Gasteiger partial charge in [-0.1, -0.05) is 30.3 Å². The van der Waals surface area contributed by atoms with Crippen molar-refractivity contribution >= 4 is 12.0 Å². The largest absolute Gasteiger partial charge is 0.436 e. The van der Waals surface area contributed by atoms with Crippen LogP contribution < -0.4 is 10.6 Å². The molecule has 0 aliphatic carbocycles. The number of rotatable bonds is 3. The third kappa shape index (κ3) is 3.00. The van der Waals surface area contributed by atoms with Crippen LogP contribution in [-0.4, -0.2) is 24.6 Å². The van der Waals surface area contributed by atoms with Gasteiger partial charge in [0, 0.05) is 13.0 Å². The van der Waals surface area contributed by atoms with Gasteiger partial charge in [-0.05, 0) is 12.5 Å². The van der Waals surface area contributed by atoms with Crippen LogP contribution in [0, 0.1) is 0 Å². The van der Waals surface area contributed by atoms with Gasteiger partial charge in [-0.25, -0.2) is 4.79 Å². The molecule has 0 saturated carbocycles. The van der Waals surface area contributed by atoms with Crippen molar-refractivity contribution in [1.82, 2.24) is 10.6 Å². The summed E-state index contributed by atoms with van der Waals surface area (Å²) in [4.78, 5) is 22.9. The van der Waals surface area contributed by atoms with E-state index in [2.05, 4.69) is 10.6 Å². The van der Waals surface area contributed by atoms with E-state index < -0.39 is 12.2 Å². The second-order valence-corrected chi connectivity index (χ2v) is 4.25. The molecule has 1 aromatic rings. The van der Waals surface area contributed by atoms with Crippen molar-refractivity contribution in [3.05, 3.63) is 35.9 Å². The quantitative estimate of drug-likeness (QED) is 0.848. The summed E-state index contributed by atoms with van der Waals surface area (Å²) in [6, 6.07) is 9.42. The molecule has 5 heteroatoms. The van der Waals surface area contributed by atoms with E-state index >= 15 is 0 Å². The summed E-state index contributed by atoms with van der Waals surface area (Å²) in [7, 11) is 0. The van der Waals surface area contributed by atoms with E-state index in [0.717, 1.165) is 5.56 Å². The molecule has 2 atom stereocenters. The van der Waals surface area contributed by atoms with Crippen LogP contribution in [0.1, 0.15) is 24.9 Å². The summed E-state index contributed by atoms with van der Waals surface area (Å²) < 4.78 is 5.05. The molecule has 2 rings (SSSR count). The molecule has 1 fully saturated rings. The smallest absolute Gasteiger partial charge is 0.408 e. The second-order valence-electron chi connectivity index (χ2n) is 4.25. The fourth-order valence-corrected chi connectivity index (χ4v) is 1.85. The van der Waals surface area contributed by atoms with Gasteiger partial charge < -0.3 is 15.4 Å². The van der Waals surface area contributed by atoms with Gasteiger partial charge in [-0.15, -0.1) is 0 Å². The third-order valence-corrected chi connectivity index (χ3v) is 2.88. The molecule has 1 saturated heterocycles. The minimum absolute atomic E-state index is 0.150. The topological polar surface area (TPSA) is 67.4 Å². The van der Waals surface area contributed by atoms with E-state index in [9.17, 15) is 9.59 Å². The molecule has 1 aliphatic rings. The standard InChI is InChI=1S/C13H16N2O3/c1-9(10-5-3-2-4-6-10)15-13(17)18-11-7-8-14-12(11)16/h2-6,9,11H,7-8H2,1H3,(H,14,16)(H,15,17)/t9-,11-/m0/s1. The Hall–Kier alpha value is -2.04. The summed E-state index contributed by atoms with van der Waals surface area (Å²) in [6.07, 6.45) is -0.687. The predicted molar refractivity (Wildman–Crippen MR) is 65.9 cm³/mol. The molecular weight excluding hydrogens is 232 g/mol. The number of nitrogens with one attached hydrogen (secondary N) is 2. The first-order valence-corrected chi connectivity index (χ1v) is 5.96. The number of alkyl carbamates (subject to hydrolysis) is 1. The lowest BCUT2D eigenvalue weighted by molar-refractivity contribution is -0.126. The summed E-state index contributed by atoms with van der Waals surface area (Å²) in [5.41, 5.74) is 0.991. The third-order valence-electron chi connectivity index (χ3n) is 2.88. The zero-order valence-corrected chi connectivity index (χ0v) is 10.2. The molecule has 96 valence electrons. The maximum Gasteiger partial charge on any atom is 0.408 e. The Labute approximate surface area is 106 Å². The number of benzene rings is 1. The first-order valence-electron chi connectivity index (χ1n) is 5.96. The monoisotopic (exact) mass is 248 g/mol. The summed E-state index contributed by atoms with van der Waals surface area (Å²) in [5, 5.41) is 5.32. The lowest BCUT2D eigenvalue weighted by Crippen LogP contribution is -2.34. The van der Waals surface area contributed by atoms with Crippen molar-refractivity contribution in [2.24, 2.45) is 0 Å². The molecule has 2 N–H and O–H groups in total. The van der Waals surface area contributed by atoms with E-state index in [1.807, 2.05) is 37.3 Å². The number of carbonyl (C=O) groups is 2. The second kappa shape index (κ2) is 5.53. The Bertz CT molecular complexity index is 433. The predicted octanol–water partition coefficient (Wildman–Crippen LogP) is 1.36. The average Bonchev–Trinajstić information content (AvgIpc) is 2.76. The van der Waals surface area contributed by atoms with Crippen molar-refractivity contribution in [2.45, 2.75) is 25.5 Å². The van der Waals surface area contributed by atoms with Crippen LogP contribution >= 0.6 is 0 Å². The lowest BCUT2D eigenvalue weighted by atomic mass is 10.1. The summed E-state index contributed by atoms with van der Waals surface area (Å²) in [5.74, 6) is -0.225. The number of amides is 2. The van der Waals surface area contributed by atoms with Crippen molar-refractivity contribution in [1.29, 1.82) is 0 Å². The maximum atomic E-state index is 11.6. The number of ether oxygens (including phenoxy) is 1. The lowest BCUT2D eigenvalue weighted by Gasteiger charge is -2.16. The highest BCUT2D eigenvalue weighted by Gasteiger charge is 2.28. The zero-order valence-electron chi connectivity index (χ0n) is 10.2. The molecule has 1 heterocycles. The van der Waals surface area contributed by atoms with Gasteiger partial charge in [-0.2, -0.15) is 0 Å². The van der Waals surface area contributed by atoms with Crippen LogP contribution in [-0.2, 0) is 9.53 Å². The number of carbonyl (C=O) groups excluding carboxylic acids is 2. The molecule has 0 unspecified atom stereocenters. The van der Waals surface area contributed by atoms with E-state index in [-0.39, 0.29) is 11.9 Å². The van der Waals surface area contributed by atoms with Gasteiger partial charge >= 0.3 is 6.09 Å². The minimum atomic E-state index is -0.659. The minimum Gasteiger partial charge on any atom is -0.436 e. The van der Waals surface area contributed by atoms with Crippen LogP contribution in [0.3, 0.4) is 0 Å². The maximum absolute atomic E-state index is 11.6. The number of hydrogen-bond acceptors (Lipinski definition) is 3. The van der Waals surface area contributed by atoms with Gasteiger partial charge in [0.15, 0.2) is 6.10 Å². The first kappa shape index (κ1) is 12.4. The molecule has 0 bridgehead atoms. The van der Waals surface area contributed by atoms with E-state index in [4.69, 9.17) is 4.74 Å². The molecule has 5 nitrogen and oxygen atoms in total. The Morgan fingerprint density at radius 1 is 1.44 bits per heavy atom. The van der Waals surface area contributed by atoms with E-state index in [1.54, 1.807) is 0 Å². The molecule has 1 aromatic carbocycles. The van der Waals surface area contributed by atoms with Crippen LogP contribution in [0.25, 0.3) is 0 Å². The highest BCUT2D eigenvalue weighted by atomic mass is 16.6. The summed E-state index contributed by atoms with van der Waals surface area (Å²) in [6.45, 7) is 2.43. The average molecular weight is 248 g/mol. The molecule has 2 amide bonds. The molecule has 0 radical (unpaired) electrons. The van der Waals surface area contributed by atoms with Crippen LogP contribution in [0.4, 0.5) is 4.79 Å². The molecule has 0 aromatic heterocycles. The molecular formula is C13H16N2O3. The van der Waals surface area contributed by atoms with Gasteiger partial charge in [0.05, 0.1) is 6.04 Å². The van der Waals surface area contributed by atoms with Crippen molar-refractivity contribution in [2.75, 3.05) is 6.54 Å². The van der Waals surface area contributed by atoms with Crippen molar-refractivity contribution in [3.8, 4) is 0 Å².